The van der Waals surface area contributed by atoms with Crippen LogP contribution in [0.15, 0.2) is 53.5 Å². The zero-order chi connectivity index (χ0) is 16.2. The van der Waals surface area contributed by atoms with Gasteiger partial charge in [0, 0.05) is 24.2 Å². The molecule has 2 rings (SSSR count). The van der Waals surface area contributed by atoms with Crippen molar-refractivity contribution in [3.05, 3.63) is 70.1 Å². The molecule has 0 aliphatic rings. The number of benzene rings is 1. The third-order valence-corrected chi connectivity index (χ3v) is 3.41. The number of carbonyl (C=O) groups excluding carboxylic acids is 1. The summed E-state index contributed by atoms with van der Waals surface area (Å²) >= 11 is 0. The zero-order valence-corrected chi connectivity index (χ0v) is 13.3. The largest absolute Gasteiger partial charge is 0.352 e. The first-order chi connectivity index (χ1) is 10.4. The summed E-state index contributed by atoms with van der Waals surface area (Å²) < 4.78 is 1.66. The monoisotopic (exact) mass is 298 g/mol. The Hall–Kier alpha value is -2.36. The molecule has 0 atom stereocenters. The second-order valence-electron chi connectivity index (χ2n) is 6.42. The molecule has 1 N–H and O–H groups in total. The van der Waals surface area contributed by atoms with Crippen LogP contribution in [0.5, 0.6) is 0 Å². The van der Waals surface area contributed by atoms with Crippen molar-refractivity contribution in [2.45, 2.75) is 33.9 Å². The molecule has 0 unspecified atom stereocenters. The van der Waals surface area contributed by atoms with E-state index >= 15 is 0 Å². The highest BCUT2D eigenvalue weighted by molar-refractivity contribution is 5.81. The number of nitrogens with zero attached hydrogens (tertiary/aromatic N) is 1. The van der Waals surface area contributed by atoms with Gasteiger partial charge < -0.3 is 9.88 Å². The fraction of sp³-hybridized carbons (Fsp3) is 0.333. The van der Waals surface area contributed by atoms with Crippen LogP contribution in [0.4, 0.5) is 0 Å². The highest BCUT2D eigenvalue weighted by Crippen LogP contribution is 2.13. The Bertz CT molecular complexity index is 694. The lowest BCUT2D eigenvalue weighted by atomic mass is 9.95. The van der Waals surface area contributed by atoms with E-state index < -0.39 is 0 Å². The summed E-state index contributed by atoms with van der Waals surface area (Å²) in [6.07, 6.45) is 1.78. The second kappa shape index (κ2) is 6.60. The Morgan fingerprint density at radius 2 is 1.68 bits per heavy atom. The number of nitrogens with one attached hydrogen (secondary N) is 1. The number of hydrogen-bond donors (Lipinski definition) is 1. The maximum atomic E-state index is 11.8. The molecule has 4 heteroatoms. The van der Waals surface area contributed by atoms with Crippen molar-refractivity contribution >= 4 is 5.91 Å². The highest BCUT2D eigenvalue weighted by atomic mass is 16.2. The van der Waals surface area contributed by atoms with Gasteiger partial charge in [-0.1, -0.05) is 51.1 Å². The van der Waals surface area contributed by atoms with Crippen molar-refractivity contribution in [2.75, 3.05) is 0 Å². The lowest BCUT2D eigenvalue weighted by Gasteiger charge is -2.17. The number of aromatic nitrogens is 1. The lowest BCUT2D eigenvalue weighted by Crippen LogP contribution is -2.34. The Balaban J connectivity index is 1.98. The predicted octanol–water partition coefficient (Wildman–Crippen LogP) is 2.56. The van der Waals surface area contributed by atoms with Gasteiger partial charge in [0.15, 0.2) is 0 Å². The van der Waals surface area contributed by atoms with Crippen LogP contribution < -0.4 is 10.9 Å². The number of carbonyl (C=O) groups is 1. The molecular weight excluding hydrogens is 276 g/mol. The van der Waals surface area contributed by atoms with Gasteiger partial charge in [-0.25, -0.2) is 0 Å². The fourth-order valence-electron chi connectivity index (χ4n) is 2.00. The maximum absolute atomic E-state index is 11.8. The molecule has 1 amide bonds. The molecular formula is C18H22N2O2. The third kappa shape index (κ3) is 4.32. The molecule has 0 fully saturated rings. The summed E-state index contributed by atoms with van der Waals surface area (Å²) in [4.78, 5) is 23.5. The molecule has 116 valence electrons. The molecule has 22 heavy (non-hydrogen) atoms. The van der Waals surface area contributed by atoms with E-state index in [4.69, 9.17) is 0 Å². The van der Waals surface area contributed by atoms with E-state index in [1.165, 1.54) is 0 Å². The van der Waals surface area contributed by atoms with Crippen molar-refractivity contribution in [2.24, 2.45) is 5.41 Å². The van der Waals surface area contributed by atoms with Crippen molar-refractivity contribution in [3.63, 3.8) is 0 Å². The minimum atomic E-state index is -0.381. The summed E-state index contributed by atoms with van der Waals surface area (Å²) in [6, 6.07) is 13.1. The van der Waals surface area contributed by atoms with Crippen LogP contribution in [0.2, 0.25) is 0 Å². The fourth-order valence-corrected chi connectivity index (χ4v) is 2.00. The van der Waals surface area contributed by atoms with Crippen LogP contribution >= 0.6 is 0 Å². The smallest absolute Gasteiger partial charge is 0.250 e. The Labute approximate surface area is 130 Å². The predicted molar refractivity (Wildman–Crippen MR) is 87.5 cm³/mol. The van der Waals surface area contributed by atoms with E-state index in [2.05, 4.69) is 5.32 Å². The molecule has 0 saturated heterocycles. The minimum Gasteiger partial charge on any atom is -0.352 e. The first-order valence-electron chi connectivity index (χ1n) is 7.38. The Kier molecular flexibility index (Phi) is 4.81. The summed E-state index contributed by atoms with van der Waals surface area (Å²) in [6.45, 7) is 6.74. The number of hydrogen-bond acceptors (Lipinski definition) is 2. The molecule has 0 aliphatic carbocycles. The Morgan fingerprint density at radius 3 is 2.27 bits per heavy atom. The van der Waals surface area contributed by atoms with Gasteiger partial charge in [-0.05, 0) is 17.2 Å². The van der Waals surface area contributed by atoms with E-state index in [0.29, 0.717) is 13.1 Å². The molecule has 2 aromatic rings. The molecule has 1 heterocycles. The van der Waals surface area contributed by atoms with Gasteiger partial charge in [-0.15, -0.1) is 0 Å². The van der Waals surface area contributed by atoms with Crippen LogP contribution in [-0.2, 0) is 17.9 Å². The molecule has 0 radical (unpaired) electrons. The summed E-state index contributed by atoms with van der Waals surface area (Å²) in [7, 11) is 0. The minimum absolute atomic E-state index is 0.0102. The van der Waals surface area contributed by atoms with Gasteiger partial charge in [-0.2, -0.15) is 0 Å². The average Bonchev–Trinajstić information content (AvgIpc) is 2.47. The SMILES string of the molecule is CC(C)(C)C(=O)NCc1ccc(Cn2ccccc2=O)cc1. The van der Waals surface area contributed by atoms with Crippen LogP contribution in [0, 0.1) is 5.41 Å². The van der Waals surface area contributed by atoms with E-state index in [-0.39, 0.29) is 16.9 Å². The molecule has 0 bridgehead atoms. The third-order valence-electron chi connectivity index (χ3n) is 3.41. The van der Waals surface area contributed by atoms with Crippen LogP contribution in [0.25, 0.3) is 0 Å². The number of amides is 1. The molecule has 4 nitrogen and oxygen atoms in total. The van der Waals surface area contributed by atoms with Crippen LogP contribution in [0.1, 0.15) is 31.9 Å². The summed E-state index contributed by atoms with van der Waals surface area (Å²) in [5, 5.41) is 2.92. The zero-order valence-electron chi connectivity index (χ0n) is 13.3. The van der Waals surface area contributed by atoms with Gasteiger partial charge in [0.05, 0.1) is 6.54 Å². The van der Waals surface area contributed by atoms with Crippen molar-refractivity contribution in [1.82, 2.24) is 9.88 Å². The number of pyridine rings is 1. The Morgan fingerprint density at radius 1 is 1.05 bits per heavy atom. The molecule has 0 saturated carbocycles. The van der Waals surface area contributed by atoms with Gasteiger partial charge >= 0.3 is 0 Å². The van der Waals surface area contributed by atoms with Gasteiger partial charge in [0.25, 0.3) is 5.56 Å². The van der Waals surface area contributed by atoms with Gasteiger partial charge in [-0.3, -0.25) is 9.59 Å². The molecule has 0 spiro atoms. The standard InChI is InChI=1S/C18H22N2O2/c1-18(2,3)17(22)19-12-14-7-9-15(10-8-14)13-20-11-5-4-6-16(20)21/h4-11H,12-13H2,1-3H3,(H,19,22). The van der Waals surface area contributed by atoms with Crippen molar-refractivity contribution in [3.8, 4) is 0 Å². The van der Waals surface area contributed by atoms with E-state index in [1.807, 2.05) is 51.1 Å². The summed E-state index contributed by atoms with van der Waals surface area (Å²) in [5.41, 5.74) is 1.71. The van der Waals surface area contributed by atoms with Crippen LogP contribution in [-0.4, -0.2) is 10.5 Å². The molecule has 1 aromatic heterocycles. The lowest BCUT2D eigenvalue weighted by molar-refractivity contribution is -0.128. The average molecular weight is 298 g/mol. The van der Waals surface area contributed by atoms with Gasteiger partial charge in [0.1, 0.15) is 0 Å². The van der Waals surface area contributed by atoms with Crippen molar-refractivity contribution in [1.29, 1.82) is 0 Å². The maximum Gasteiger partial charge on any atom is 0.250 e. The summed E-state index contributed by atoms with van der Waals surface area (Å²) in [5.74, 6) is 0.0346. The van der Waals surface area contributed by atoms with E-state index in [0.717, 1.165) is 11.1 Å². The molecule has 1 aromatic carbocycles. The first-order valence-corrected chi connectivity index (χ1v) is 7.38. The topological polar surface area (TPSA) is 51.1 Å². The van der Waals surface area contributed by atoms with Gasteiger partial charge in [0.2, 0.25) is 5.91 Å². The normalized spacial score (nSPS) is 11.2. The van der Waals surface area contributed by atoms with Crippen molar-refractivity contribution < 1.29 is 4.79 Å². The molecule has 0 aliphatic heterocycles. The quantitative estimate of drug-likeness (QED) is 0.943. The van der Waals surface area contributed by atoms with E-state index in [9.17, 15) is 9.59 Å². The second-order valence-corrected chi connectivity index (χ2v) is 6.42. The first kappa shape index (κ1) is 16.0. The highest BCUT2D eigenvalue weighted by Gasteiger charge is 2.20. The van der Waals surface area contributed by atoms with E-state index in [1.54, 1.807) is 22.9 Å². The van der Waals surface area contributed by atoms with Crippen LogP contribution in [0.3, 0.4) is 0 Å². The number of rotatable bonds is 4.